The van der Waals surface area contributed by atoms with Crippen LogP contribution >= 0.6 is 23.8 Å². The van der Waals surface area contributed by atoms with E-state index in [-0.39, 0.29) is 16.3 Å². The summed E-state index contributed by atoms with van der Waals surface area (Å²) in [5, 5.41) is 16.2. The number of phenols is 1. The third-order valence-electron chi connectivity index (χ3n) is 4.50. The van der Waals surface area contributed by atoms with Crippen molar-refractivity contribution in [3.63, 3.8) is 0 Å². The van der Waals surface area contributed by atoms with Crippen molar-refractivity contribution in [3.05, 3.63) is 77.0 Å². The van der Waals surface area contributed by atoms with Gasteiger partial charge >= 0.3 is 0 Å². The van der Waals surface area contributed by atoms with Crippen LogP contribution in [0.3, 0.4) is 0 Å². The monoisotopic (exact) mass is 454 g/mol. The Hall–Kier alpha value is -3.09. The first kappa shape index (κ1) is 22.6. The molecule has 0 aliphatic heterocycles. The molecule has 0 saturated heterocycles. The van der Waals surface area contributed by atoms with Crippen molar-refractivity contribution < 1.29 is 14.3 Å². The Bertz CT molecular complexity index is 1130. The van der Waals surface area contributed by atoms with E-state index in [2.05, 4.69) is 31.4 Å². The predicted molar refractivity (Wildman–Crippen MR) is 129 cm³/mol. The number of benzene rings is 2. The molecule has 31 heavy (non-hydrogen) atoms. The molecule has 1 heterocycles. The van der Waals surface area contributed by atoms with Gasteiger partial charge < -0.3 is 14.8 Å². The molecular weight excluding hydrogens is 432 g/mol. The van der Waals surface area contributed by atoms with Crippen LogP contribution in [0.15, 0.2) is 65.1 Å². The van der Waals surface area contributed by atoms with E-state index in [0.717, 1.165) is 11.1 Å². The normalized spacial score (nSPS) is 11.5. The third-order valence-corrected chi connectivity index (χ3v) is 4.96. The van der Waals surface area contributed by atoms with Gasteiger partial charge in [0.25, 0.3) is 0 Å². The van der Waals surface area contributed by atoms with Crippen molar-refractivity contribution in [3.8, 4) is 17.1 Å². The van der Waals surface area contributed by atoms with Crippen molar-refractivity contribution in [1.29, 1.82) is 0 Å². The molecule has 7 heteroatoms. The lowest BCUT2D eigenvalue weighted by molar-refractivity contribution is -0.115. The van der Waals surface area contributed by atoms with Crippen LogP contribution in [0, 0.1) is 0 Å². The van der Waals surface area contributed by atoms with Crippen molar-refractivity contribution >= 4 is 46.6 Å². The van der Waals surface area contributed by atoms with Gasteiger partial charge in [-0.05, 0) is 77.8 Å². The van der Waals surface area contributed by atoms with Crippen LogP contribution < -0.4 is 10.6 Å². The minimum atomic E-state index is -0.423. The molecule has 0 saturated carbocycles. The lowest BCUT2D eigenvalue weighted by atomic mass is 9.87. The number of halogens is 1. The SMILES string of the molecule is CC(C)(C)c1ccc(O)c(NC(=S)NC(=O)/C=C/c2ccc(-c3ccc(Cl)cc3)o2)c1. The number of amides is 1. The van der Waals surface area contributed by atoms with Gasteiger partial charge in [0.2, 0.25) is 5.91 Å². The highest BCUT2D eigenvalue weighted by Gasteiger charge is 2.16. The summed E-state index contributed by atoms with van der Waals surface area (Å²) in [5.41, 5.74) is 2.25. The highest BCUT2D eigenvalue weighted by Crippen LogP contribution is 2.30. The Kier molecular flexibility index (Phi) is 6.83. The molecule has 0 fully saturated rings. The largest absolute Gasteiger partial charge is 0.506 e. The number of thiocarbonyl (C=S) groups is 1. The molecular formula is C24H23ClN2O3S. The number of carbonyl (C=O) groups is 1. The van der Waals surface area contributed by atoms with Crippen LogP contribution in [-0.4, -0.2) is 16.1 Å². The fraction of sp³-hybridized carbons (Fsp3) is 0.167. The van der Waals surface area contributed by atoms with Crippen LogP contribution in [0.2, 0.25) is 5.02 Å². The van der Waals surface area contributed by atoms with Crippen LogP contribution in [0.5, 0.6) is 5.75 Å². The number of nitrogens with one attached hydrogen (secondary N) is 2. The smallest absolute Gasteiger partial charge is 0.250 e. The number of furan rings is 1. The second-order valence-corrected chi connectivity index (χ2v) is 8.81. The van der Waals surface area contributed by atoms with E-state index in [4.69, 9.17) is 28.2 Å². The van der Waals surface area contributed by atoms with Crippen molar-refractivity contribution in [2.75, 3.05) is 5.32 Å². The summed E-state index contributed by atoms with van der Waals surface area (Å²) in [6, 6.07) is 16.1. The maximum absolute atomic E-state index is 12.2. The summed E-state index contributed by atoms with van der Waals surface area (Å²) in [4.78, 5) is 12.2. The van der Waals surface area contributed by atoms with Crippen molar-refractivity contribution in [1.82, 2.24) is 5.32 Å². The van der Waals surface area contributed by atoms with Crippen molar-refractivity contribution in [2.24, 2.45) is 0 Å². The summed E-state index contributed by atoms with van der Waals surface area (Å²) in [7, 11) is 0. The molecule has 1 amide bonds. The van der Waals surface area contributed by atoms with Gasteiger partial charge in [0.1, 0.15) is 17.3 Å². The molecule has 160 valence electrons. The Morgan fingerprint density at radius 1 is 1.10 bits per heavy atom. The quantitative estimate of drug-likeness (QED) is 0.251. The van der Waals surface area contributed by atoms with E-state index in [1.165, 1.54) is 6.08 Å². The fourth-order valence-corrected chi connectivity index (χ4v) is 3.12. The van der Waals surface area contributed by atoms with Gasteiger partial charge in [0.05, 0.1) is 5.69 Å². The average molecular weight is 455 g/mol. The number of anilines is 1. The molecule has 2 aromatic carbocycles. The summed E-state index contributed by atoms with van der Waals surface area (Å²) < 4.78 is 5.73. The zero-order valence-corrected chi connectivity index (χ0v) is 19.0. The highest BCUT2D eigenvalue weighted by atomic mass is 35.5. The maximum atomic E-state index is 12.2. The van der Waals surface area contributed by atoms with Gasteiger partial charge in [0.15, 0.2) is 5.11 Å². The molecule has 0 unspecified atom stereocenters. The first-order valence-corrected chi connectivity index (χ1v) is 10.4. The molecule has 0 radical (unpaired) electrons. The molecule has 3 N–H and O–H groups in total. The number of phenolic OH excluding ortho intramolecular Hbond substituents is 1. The topological polar surface area (TPSA) is 74.5 Å². The zero-order valence-electron chi connectivity index (χ0n) is 17.4. The minimum absolute atomic E-state index is 0.0467. The minimum Gasteiger partial charge on any atom is -0.506 e. The van der Waals surface area contributed by atoms with Gasteiger partial charge in [-0.2, -0.15) is 0 Å². The van der Waals surface area contributed by atoms with Gasteiger partial charge in [0, 0.05) is 16.7 Å². The number of aromatic hydroxyl groups is 1. The first-order valence-electron chi connectivity index (χ1n) is 9.61. The second kappa shape index (κ2) is 9.37. The molecule has 0 atom stereocenters. The number of hydrogen-bond acceptors (Lipinski definition) is 4. The molecule has 0 aliphatic rings. The van der Waals surface area contributed by atoms with Crippen LogP contribution in [0.25, 0.3) is 17.4 Å². The summed E-state index contributed by atoms with van der Waals surface area (Å²) >= 11 is 11.1. The standard InChI is InChI=1S/C24H23ClN2O3S/c1-24(2,3)16-6-11-20(28)19(14-16)26-23(31)27-22(29)13-10-18-9-12-21(30-18)15-4-7-17(25)8-5-15/h4-14,28H,1-3H3,(H2,26,27,29,31)/b13-10+. The summed E-state index contributed by atoms with van der Waals surface area (Å²) in [5.74, 6) is 0.816. The van der Waals surface area contributed by atoms with E-state index in [1.54, 1.807) is 30.3 Å². The average Bonchev–Trinajstić information content (AvgIpc) is 3.17. The Balaban J connectivity index is 1.60. The fourth-order valence-electron chi connectivity index (χ4n) is 2.78. The molecule has 0 spiro atoms. The van der Waals surface area contributed by atoms with E-state index < -0.39 is 5.91 Å². The lowest BCUT2D eigenvalue weighted by Crippen LogP contribution is -2.32. The van der Waals surface area contributed by atoms with Crippen LogP contribution in [0.4, 0.5) is 5.69 Å². The number of carbonyl (C=O) groups excluding carboxylic acids is 1. The predicted octanol–water partition coefficient (Wildman–Crippen LogP) is 6.13. The van der Waals surface area contributed by atoms with Crippen LogP contribution in [0.1, 0.15) is 32.1 Å². The number of rotatable bonds is 4. The van der Waals surface area contributed by atoms with Crippen molar-refractivity contribution in [2.45, 2.75) is 26.2 Å². The maximum Gasteiger partial charge on any atom is 0.250 e. The lowest BCUT2D eigenvalue weighted by Gasteiger charge is -2.20. The van der Waals surface area contributed by atoms with E-state index in [1.807, 2.05) is 30.3 Å². The molecule has 0 bridgehead atoms. The Labute approximate surface area is 191 Å². The molecule has 1 aromatic heterocycles. The molecule has 3 aromatic rings. The van der Waals surface area contributed by atoms with E-state index in [0.29, 0.717) is 22.2 Å². The molecule has 5 nitrogen and oxygen atoms in total. The summed E-state index contributed by atoms with van der Waals surface area (Å²) in [6.45, 7) is 6.21. The van der Waals surface area contributed by atoms with Gasteiger partial charge in [-0.15, -0.1) is 0 Å². The van der Waals surface area contributed by atoms with Crippen LogP contribution in [-0.2, 0) is 10.2 Å². The first-order chi connectivity index (χ1) is 14.6. The second-order valence-electron chi connectivity index (χ2n) is 7.97. The van der Waals surface area contributed by atoms with Gasteiger partial charge in [-0.3, -0.25) is 10.1 Å². The highest BCUT2D eigenvalue weighted by molar-refractivity contribution is 7.80. The van der Waals surface area contributed by atoms with Gasteiger partial charge in [-0.1, -0.05) is 38.4 Å². The summed E-state index contributed by atoms with van der Waals surface area (Å²) in [6.07, 6.45) is 2.87. The molecule has 0 aliphatic carbocycles. The third kappa shape index (κ3) is 6.20. The zero-order chi connectivity index (χ0) is 22.6. The Morgan fingerprint density at radius 2 is 1.81 bits per heavy atom. The van der Waals surface area contributed by atoms with Gasteiger partial charge in [-0.25, -0.2) is 0 Å². The van der Waals surface area contributed by atoms with E-state index >= 15 is 0 Å². The van der Waals surface area contributed by atoms with E-state index in [9.17, 15) is 9.90 Å². The number of hydrogen-bond donors (Lipinski definition) is 3. The Morgan fingerprint density at radius 3 is 2.48 bits per heavy atom. The molecule has 3 rings (SSSR count).